The van der Waals surface area contributed by atoms with Crippen molar-refractivity contribution in [3.63, 3.8) is 0 Å². The molecule has 0 aromatic heterocycles. The van der Waals surface area contributed by atoms with Crippen LogP contribution in [0.15, 0.2) is 0 Å². The second-order valence-corrected chi connectivity index (χ2v) is 6.95. The Balaban J connectivity index is 4.36. The molecule has 1 atom stereocenters. The molecule has 0 spiro atoms. The van der Waals surface area contributed by atoms with E-state index in [1.54, 1.807) is 13.8 Å². The summed E-state index contributed by atoms with van der Waals surface area (Å²) in [5.41, 5.74) is 3.81. The lowest BCUT2D eigenvalue weighted by Gasteiger charge is -2.23. The molecule has 0 aliphatic carbocycles. The Hall–Kier alpha value is -0.160. The lowest BCUT2D eigenvalue weighted by atomic mass is 9.97. The topological polar surface area (TPSA) is 60.2 Å². The number of halogens is 1. The molecule has 0 rings (SSSR count). The van der Waals surface area contributed by atoms with Gasteiger partial charge in [-0.3, -0.25) is 0 Å². The standard InChI is InChI=1S/C10H22FNO2S/c1-4-5-10(11,8-12)6-7-15(13,14)9(2)3/h9H,4-8,12H2,1-3H3. The lowest BCUT2D eigenvalue weighted by Crippen LogP contribution is -2.36. The fraction of sp³-hybridized carbons (Fsp3) is 1.00. The van der Waals surface area contributed by atoms with E-state index in [1.807, 2.05) is 6.92 Å². The van der Waals surface area contributed by atoms with Crippen LogP contribution in [-0.4, -0.2) is 31.6 Å². The molecule has 0 aliphatic rings. The van der Waals surface area contributed by atoms with Crippen molar-refractivity contribution in [2.24, 2.45) is 5.73 Å². The van der Waals surface area contributed by atoms with E-state index in [-0.39, 0.29) is 18.7 Å². The third-order valence-corrected chi connectivity index (χ3v) is 4.83. The SMILES string of the molecule is CCCC(F)(CN)CCS(=O)(=O)C(C)C. The van der Waals surface area contributed by atoms with E-state index in [0.29, 0.717) is 12.8 Å². The maximum atomic E-state index is 13.9. The van der Waals surface area contributed by atoms with Crippen LogP contribution < -0.4 is 5.73 Å². The molecule has 0 saturated carbocycles. The van der Waals surface area contributed by atoms with E-state index in [9.17, 15) is 12.8 Å². The van der Waals surface area contributed by atoms with Crippen LogP contribution in [-0.2, 0) is 9.84 Å². The zero-order valence-electron chi connectivity index (χ0n) is 9.79. The summed E-state index contributed by atoms with van der Waals surface area (Å²) >= 11 is 0. The van der Waals surface area contributed by atoms with Crippen molar-refractivity contribution in [2.45, 2.75) is 51.0 Å². The maximum absolute atomic E-state index is 13.9. The van der Waals surface area contributed by atoms with Crippen LogP contribution in [0.25, 0.3) is 0 Å². The molecular weight excluding hydrogens is 217 g/mol. The summed E-state index contributed by atoms with van der Waals surface area (Å²) in [4.78, 5) is 0. The minimum Gasteiger partial charge on any atom is -0.328 e. The Morgan fingerprint density at radius 2 is 1.87 bits per heavy atom. The van der Waals surface area contributed by atoms with Crippen LogP contribution in [0.3, 0.4) is 0 Å². The summed E-state index contributed by atoms with van der Waals surface area (Å²) in [5, 5.41) is -0.443. The lowest BCUT2D eigenvalue weighted by molar-refractivity contribution is 0.153. The van der Waals surface area contributed by atoms with Crippen molar-refractivity contribution in [2.75, 3.05) is 12.3 Å². The molecule has 0 aromatic carbocycles. The summed E-state index contributed by atoms with van der Waals surface area (Å²) < 4.78 is 36.9. The van der Waals surface area contributed by atoms with Crippen molar-refractivity contribution in [1.82, 2.24) is 0 Å². The minimum atomic E-state index is -3.16. The number of sulfone groups is 1. The maximum Gasteiger partial charge on any atom is 0.152 e. The van der Waals surface area contributed by atoms with Crippen molar-refractivity contribution in [3.8, 4) is 0 Å². The van der Waals surface area contributed by atoms with E-state index in [1.165, 1.54) is 0 Å². The first-order chi connectivity index (χ1) is 6.77. The van der Waals surface area contributed by atoms with Gasteiger partial charge in [-0.1, -0.05) is 13.3 Å². The zero-order chi connectivity index (χ0) is 12.1. The Bertz CT molecular complexity index is 277. The number of nitrogens with two attached hydrogens (primary N) is 1. The normalized spacial score (nSPS) is 16.7. The average Bonchev–Trinajstić information content (AvgIpc) is 2.15. The minimum absolute atomic E-state index is 0.0118. The number of alkyl halides is 1. The summed E-state index contributed by atoms with van der Waals surface area (Å²) in [6.07, 6.45) is 1.02. The molecule has 0 fully saturated rings. The molecule has 0 aliphatic heterocycles. The summed E-state index contributed by atoms with van der Waals surface area (Å²) in [7, 11) is -3.16. The van der Waals surface area contributed by atoms with Crippen LogP contribution in [0.5, 0.6) is 0 Å². The van der Waals surface area contributed by atoms with E-state index in [4.69, 9.17) is 5.73 Å². The Morgan fingerprint density at radius 1 is 1.33 bits per heavy atom. The van der Waals surface area contributed by atoms with Gasteiger partial charge in [0, 0.05) is 6.54 Å². The van der Waals surface area contributed by atoms with Gasteiger partial charge in [-0.15, -0.1) is 0 Å². The largest absolute Gasteiger partial charge is 0.328 e. The molecule has 0 amide bonds. The first kappa shape index (κ1) is 14.8. The van der Waals surface area contributed by atoms with Crippen LogP contribution in [0.2, 0.25) is 0 Å². The van der Waals surface area contributed by atoms with E-state index in [2.05, 4.69) is 0 Å². The third-order valence-electron chi connectivity index (χ3n) is 2.62. The molecule has 0 saturated heterocycles. The average molecular weight is 239 g/mol. The first-order valence-electron chi connectivity index (χ1n) is 5.38. The highest BCUT2D eigenvalue weighted by atomic mass is 32.2. The van der Waals surface area contributed by atoms with Crippen molar-refractivity contribution < 1.29 is 12.8 Å². The number of rotatable bonds is 7. The van der Waals surface area contributed by atoms with Crippen molar-refractivity contribution >= 4 is 9.84 Å². The molecule has 0 radical (unpaired) electrons. The van der Waals surface area contributed by atoms with E-state index in [0.717, 1.165) is 0 Å². The van der Waals surface area contributed by atoms with Crippen molar-refractivity contribution in [3.05, 3.63) is 0 Å². The second kappa shape index (κ2) is 5.80. The van der Waals surface area contributed by atoms with Gasteiger partial charge in [-0.05, 0) is 26.7 Å². The molecule has 5 heteroatoms. The molecule has 92 valence electrons. The fourth-order valence-corrected chi connectivity index (χ4v) is 2.46. The Labute approximate surface area is 92.2 Å². The molecule has 3 nitrogen and oxygen atoms in total. The van der Waals surface area contributed by atoms with Gasteiger partial charge in [0.15, 0.2) is 9.84 Å². The van der Waals surface area contributed by atoms with Crippen LogP contribution in [0.4, 0.5) is 4.39 Å². The van der Waals surface area contributed by atoms with Crippen LogP contribution >= 0.6 is 0 Å². The zero-order valence-corrected chi connectivity index (χ0v) is 10.6. The highest BCUT2D eigenvalue weighted by Gasteiger charge is 2.29. The Morgan fingerprint density at radius 3 is 2.20 bits per heavy atom. The molecule has 0 heterocycles. The third kappa shape index (κ3) is 4.93. The molecule has 0 bridgehead atoms. The number of hydrogen-bond donors (Lipinski definition) is 1. The monoisotopic (exact) mass is 239 g/mol. The first-order valence-corrected chi connectivity index (χ1v) is 7.09. The number of hydrogen-bond acceptors (Lipinski definition) is 3. The van der Waals surface area contributed by atoms with Gasteiger partial charge in [0.05, 0.1) is 11.0 Å². The second-order valence-electron chi connectivity index (χ2n) is 4.27. The van der Waals surface area contributed by atoms with Crippen LogP contribution in [0.1, 0.15) is 40.0 Å². The van der Waals surface area contributed by atoms with Gasteiger partial charge in [0.25, 0.3) is 0 Å². The van der Waals surface area contributed by atoms with E-state index >= 15 is 0 Å². The Kier molecular flexibility index (Phi) is 5.73. The predicted octanol–water partition coefficient (Wildman–Crippen LogP) is 1.67. The highest BCUT2D eigenvalue weighted by Crippen LogP contribution is 2.22. The molecule has 15 heavy (non-hydrogen) atoms. The predicted molar refractivity (Wildman–Crippen MR) is 61.3 cm³/mol. The van der Waals surface area contributed by atoms with Crippen LogP contribution in [0, 0.1) is 0 Å². The summed E-state index contributed by atoms with van der Waals surface area (Å²) in [5.74, 6) is -0.113. The van der Waals surface area contributed by atoms with Gasteiger partial charge < -0.3 is 5.73 Å². The summed E-state index contributed by atoms with van der Waals surface area (Å²) in [6, 6.07) is 0. The molecular formula is C10H22FNO2S. The van der Waals surface area contributed by atoms with Gasteiger partial charge in [-0.2, -0.15) is 0 Å². The van der Waals surface area contributed by atoms with Gasteiger partial charge in [0.1, 0.15) is 5.67 Å². The van der Waals surface area contributed by atoms with Gasteiger partial charge >= 0.3 is 0 Å². The molecule has 1 unspecified atom stereocenters. The quantitative estimate of drug-likeness (QED) is 0.735. The molecule has 2 N–H and O–H groups in total. The fourth-order valence-electron chi connectivity index (χ4n) is 1.34. The smallest absolute Gasteiger partial charge is 0.152 e. The van der Waals surface area contributed by atoms with Gasteiger partial charge in [0.2, 0.25) is 0 Å². The summed E-state index contributed by atoms with van der Waals surface area (Å²) in [6.45, 7) is 4.98. The highest BCUT2D eigenvalue weighted by molar-refractivity contribution is 7.91. The van der Waals surface area contributed by atoms with E-state index < -0.39 is 20.8 Å². The molecule has 0 aromatic rings. The van der Waals surface area contributed by atoms with Gasteiger partial charge in [-0.25, -0.2) is 12.8 Å². The van der Waals surface area contributed by atoms with Crippen molar-refractivity contribution in [1.29, 1.82) is 0 Å².